The molecule has 7 nitrogen and oxygen atoms in total. The van der Waals surface area contributed by atoms with Crippen molar-refractivity contribution in [1.29, 1.82) is 5.26 Å². The summed E-state index contributed by atoms with van der Waals surface area (Å²) in [5.74, 6) is -0.00623. The molecule has 0 saturated carbocycles. The lowest BCUT2D eigenvalue weighted by molar-refractivity contribution is -0.131. The van der Waals surface area contributed by atoms with Crippen LogP contribution >= 0.6 is 0 Å². The van der Waals surface area contributed by atoms with Crippen LogP contribution in [0.4, 0.5) is 11.4 Å². The number of aromatic nitrogens is 1. The molecule has 4 aromatic rings. The highest BCUT2D eigenvalue weighted by Gasteiger charge is 2.23. The zero-order chi connectivity index (χ0) is 24.4. The van der Waals surface area contributed by atoms with E-state index < -0.39 is 11.3 Å². The number of benzene rings is 3. The average molecular weight is 482 g/mol. The fourth-order valence-electron chi connectivity index (χ4n) is 4.42. The van der Waals surface area contributed by atoms with Crippen LogP contribution in [0.5, 0.6) is 0 Å². The molecule has 0 radical (unpaired) electrons. The Morgan fingerprint density at radius 2 is 1.89 bits per heavy atom. The third kappa shape index (κ3) is 4.64. The van der Waals surface area contributed by atoms with Crippen LogP contribution in [0.2, 0.25) is 0 Å². The summed E-state index contributed by atoms with van der Waals surface area (Å²) in [4.78, 5) is 19.2. The zero-order valence-electron chi connectivity index (χ0n) is 18.8. The second-order valence-electron chi connectivity index (χ2n) is 8.37. The molecule has 3 aromatic carbocycles. The van der Waals surface area contributed by atoms with Crippen LogP contribution in [0.3, 0.4) is 0 Å². The van der Waals surface area contributed by atoms with Crippen molar-refractivity contribution >= 4 is 39.5 Å². The molecule has 0 N–H and O–H groups in total. The summed E-state index contributed by atoms with van der Waals surface area (Å²) in [6.45, 7) is 1.01. The number of carbonyl (C=O) groups excluding carboxylic acids is 1. The topological polar surface area (TPSA) is 100 Å². The van der Waals surface area contributed by atoms with E-state index in [-0.39, 0.29) is 12.3 Å². The van der Waals surface area contributed by atoms with Gasteiger partial charge in [0.05, 0.1) is 46.2 Å². The van der Waals surface area contributed by atoms with Gasteiger partial charge in [-0.2, -0.15) is 5.26 Å². The van der Waals surface area contributed by atoms with Crippen LogP contribution < -0.4 is 4.31 Å². The molecule has 174 valence electrons. The number of fused-ring (bicyclic) bond motifs is 2. The highest BCUT2D eigenvalue weighted by molar-refractivity contribution is 7.81. The van der Waals surface area contributed by atoms with Crippen molar-refractivity contribution < 1.29 is 13.6 Å². The summed E-state index contributed by atoms with van der Waals surface area (Å²) in [5, 5.41) is 9.80. The first-order valence-electron chi connectivity index (χ1n) is 11.2. The maximum absolute atomic E-state index is 13.0. The van der Waals surface area contributed by atoms with E-state index in [9.17, 15) is 13.6 Å². The maximum Gasteiger partial charge on any atom is 0.227 e. The number of carbonyl (C=O) groups is 1. The number of pyridine rings is 1. The number of amides is 1. The monoisotopic (exact) mass is 481 g/mol. The Morgan fingerprint density at radius 1 is 1.09 bits per heavy atom. The molecular weight excluding hydrogens is 460 g/mol. The third-order valence-electron chi connectivity index (χ3n) is 6.21. The van der Waals surface area contributed by atoms with Gasteiger partial charge in [0.2, 0.25) is 5.91 Å². The van der Waals surface area contributed by atoms with Gasteiger partial charge in [-0.3, -0.25) is 18.3 Å². The average Bonchev–Trinajstić information content (AvgIpc) is 2.89. The Morgan fingerprint density at radius 3 is 2.66 bits per heavy atom. The van der Waals surface area contributed by atoms with Gasteiger partial charge in [0.25, 0.3) is 0 Å². The number of nitriles is 1. The fourth-order valence-corrected chi connectivity index (χ4v) is 5.02. The molecule has 1 amide bonds. The third-order valence-corrected chi connectivity index (χ3v) is 6.91. The molecular formula is C27H21N4O3S-. The molecule has 5 rings (SSSR count). The Labute approximate surface area is 205 Å². The number of hydrogen-bond acceptors (Lipinski definition) is 5. The summed E-state index contributed by atoms with van der Waals surface area (Å²) >= 11 is -2.57. The van der Waals surface area contributed by atoms with Crippen LogP contribution in [-0.2, 0) is 35.4 Å². The summed E-state index contributed by atoms with van der Waals surface area (Å²) < 4.78 is 25.9. The largest absolute Gasteiger partial charge is 0.755 e. The Bertz CT molecular complexity index is 1480. The zero-order valence-corrected chi connectivity index (χ0v) is 19.6. The molecule has 0 bridgehead atoms. The lowest BCUT2D eigenvalue weighted by Gasteiger charge is -2.32. The normalized spacial score (nSPS) is 13.7. The maximum atomic E-state index is 13.0. The first-order chi connectivity index (χ1) is 17.0. The van der Waals surface area contributed by atoms with Gasteiger partial charge >= 0.3 is 0 Å². The first-order valence-corrected chi connectivity index (χ1v) is 12.2. The number of anilines is 2. The first kappa shape index (κ1) is 22.7. The van der Waals surface area contributed by atoms with Crippen molar-refractivity contribution in [1.82, 2.24) is 9.88 Å². The highest BCUT2D eigenvalue weighted by Crippen LogP contribution is 2.34. The van der Waals surface area contributed by atoms with Crippen LogP contribution in [-0.4, -0.2) is 31.1 Å². The van der Waals surface area contributed by atoms with E-state index in [1.165, 1.54) is 4.31 Å². The van der Waals surface area contributed by atoms with E-state index in [1.807, 2.05) is 30.3 Å². The summed E-state index contributed by atoms with van der Waals surface area (Å²) in [7, 11) is 0. The van der Waals surface area contributed by atoms with Crippen LogP contribution in [0, 0.1) is 11.3 Å². The van der Waals surface area contributed by atoms with Crippen LogP contribution in [0.1, 0.15) is 22.3 Å². The Balaban J connectivity index is 1.42. The van der Waals surface area contributed by atoms with Gasteiger partial charge < -0.3 is 9.45 Å². The van der Waals surface area contributed by atoms with E-state index in [4.69, 9.17) is 5.26 Å². The molecule has 1 aromatic heterocycles. The van der Waals surface area contributed by atoms with Crippen molar-refractivity contribution in [3.05, 3.63) is 101 Å². The second kappa shape index (κ2) is 9.66. The second-order valence-corrected chi connectivity index (χ2v) is 9.17. The summed E-state index contributed by atoms with van der Waals surface area (Å²) in [5.41, 5.74) is 5.00. The van der Waals surface area contributed by atoms with E-state index in [2.05, 4.69) is 11.1 Å². The van der Waals surface area contributed by atoms with Crippen LogP contribution in [0.15, 0.2) is 79.0 Å². The smallest absolute Gasteiger partial charge is 0.227 e. The van der Waals surface area contributed by atoms with Gasteiger partial charge in [-0.25, -0.2) is 0 Å². The molecule has 1 aliphatic heterocycles. The molecule has 0 spiro atoms. The van der Waals surface area contributed by atoms with Crippen molar-refractivity contribution in [2.45, 2.75) is 19.4 Å². The van der Waals surface area contributed by atoms with Crippen molar-refractivity contribution in [2.24, 2.45) is 0 Å². The molecule has 1 unspecified atom stereocenters. The van der Waals surface area contributed by atoms with Gasteiger partial charge in [-0.05, 0) is 59.5 Å². The van der Waals surface area contributed by atoms with Gasteiger partial charge in [-0.15, -0.1) is 0 Å². The van der Waals surface area contributed by atoms with Gasteiger partial charge in [-0.1, -0.05) is 36.4 Å². The molecule has 0 aliphatic carbocycles. The predicted molar refractivity (Wildman–Crippen MR) is 133 cm³/mol. The fraction of sp³-hybridized carbons (Fsp3) is 0.148. The standard InChI is InChI=1S/C27H22N4O3S/c28-17-20-8-6-19(7-9-20)15-26(32)30-14-12-21-10-11-24(16-23(21)18-30)31(35(33)34)25-5-1-3-22-4-2-13-29-27(22)25/h1-11,13,16H,12,14-15,18H2,(H,33,34)/p-1. The quantitative estimate of drug-likeness (QED) is 0.398. The van der Waals surface area contributed by atoms with E-state index in [0.29, 0.717) is 42.0 Å². The van der Waals surface area contributed by atoms with Gasteiger partial charge in [0.1, 0.15) is 0 Å². The molecule has 0 saturated heterocycles. The van der Waals surface area contributed by atoms with Gasteiger partial charge in [0.15, 0.2) is 0 Å². The van der Waals surface area contributed by atoms with Crippen LogP contribution in [0.25, 0.3) is 10.9 Å². The molecule has 8 heteroatoms. The minimum Gasteiger partial charge on any atom is -0.755 e. The SMILES string of the molecule is N#Cc1ccc(CC(=O)N2CCc3ccc(N(c4cccc5cccnc45)S(=O)[O-])cc3C2)cc1. The van der Waals surface area contributed by atoms with Crippen molar-refractivity contribution in [2.75, 3.05) is 10.8 Å². The van der Waals surface area contributed by atoms with Crippen molar-refractivity contribution in [3.8, 4) is 6.07 Å². The molecule has 1 atom stereocenters. The molecule has 2 heterocycles. The predicted octanol–water partition coefficient (Wildman–Crippen LogP) is 4.17. The number of para-hydroxylation sites is 1. The number of hydrogen-bond donors (Lipinski definition) is 0. The Hall–Kier alpha value is -4.06. The molecule has 1 aliphatic rings. The summed E-state index contributed by atoms with van der Waals surface area (Å²) in [6.07, 6.45) is 2.59. The minimum atomic E-state index is -2.57. The lowest BCUT2D eigenvalue weighted by atomic mass is 9.98. The lowest BCUT2D eigenvalue weighted by Crippen LogP contribution is -2.37. The van der Waals surface area contributed by atoms with Gasteiger partial charge in [0, 0.05) is 24.7 Å². The minimum absolute atomic E-state index is 0.00623. The number of nitrogens with zero attached hydrogens (tertiary/aromatic N) is 4. The molecule has 0 fully saturated rings. The van der Waals surface area contributed by atoms with E-state index >= 15 is 0 Å². The summed E-state index contributed by atoms with van der Waals surface area (Å²) in [6, 6.07) is 23.8. The van der Waals surface area contributed by atoms with Crippen molar-refractivity contribution in [3.63, 3.8) is 0 Å². The number of rotatable bonds is 5. The van der Waals surface area contributed by atoms with E-state index in [1.54, 1.807) is 53.6 Å². The van der Waals surface area contributed by atoms with E-state index in [0.717, 1.165) is 22.1 Å². The highest BCUT2D eigenvalue weighted by atomic mass is 32.2. The molecule has 35 heavy (non-hydrogen) atoms. The Kier molecular flexibility index (Phi) is 6.27.